The first-order valence-electron chi connectivity index (χ1n) is 5.33. The number of rotatable bonds is 2. The number of aryl methyl sites for hydroxylation is 1. The Morgan fingerprint density at radius 1 is 1.17 bits per heavy atom. The summed E-state index contributed by atoms with van der Waals surface area (Å²) < 4.78 is 0.857. The molecule has 0 aliphatic heterocycles. The van der Waals surface area contributed by atoms with Crippen molar-refractivity contribution in [3.8, 4) is 6.07 Å². The predicted molar refractivity (Wildman–Crippen MR) is 78.3 cm³/mol. The van der Waals surface area contributed by atoms with E-state index in [4.69, 9.17) is 16.9 Å². The highest BCUT2D eigenvalue weighted by Gasteiger charge is 2.04. The van der Waals surface area contributed by atoms with Crippen LogP contribution in [0.4, 0.5) is 11.4 Å². The molecule has 0 aliphatic rings. The molecule has 90 valence electrons. The molecule has 2 aromatic rings. The first kappa shape index (κ1) is 12.9. The number of hydrogen-bond acceptors (Lipinski definition) is 2. The van der Waals surface area contributed by atoms with E-state index < -0.39 is 0 Å². The fourth-order valence-electron chi connectivity index (χ4n) is 1.60. The van der Waals surface area contributed by atoms with Crippen molar-refractivity contribution in [3.05, 3.63) is 57.0 Å². The van der Waals surface area contributed by atoms with Crippen LogP contribution in [0, 0.1) is 18.3 Å². The summed E-state index contributed by atoms with van der Waals surface area (Å²) >= 11 is 9.36. The summed E-state index contributed by atoms with van der Waals surface area (Å²) in [5, 5.41) is 12.8. The maximum absolute atomic E-state index is 8.81. The first-order valence-corrected chi connectivity index (χ1v) is 6.50. The molecule has 0 aromatic heterocycles. The maximum Gasteiger partial charge on any atom is 0.0992 e. The SMILES string of the molecule is Cc1cc(Cl)ccc1Nc1ccc(C#N)cc1Br. The van der Waals surface area contributed by atoms with Crippen LogP contribution in [-0.4, -0.2) is 0 Å². The van der Waals surface area contributed by atoms with Crippen LogP contribution >= 0.6 is 27.5 Å². The number of benzene rings is 2. The van der Waals surface area contributed by atoms with Gasteiger partial charge in [-0.05, 0) is 64.8 Å². The largest absolute Gasteiger partial charge is 0.354 e. The molecule has 0 fully saturated rings. The second-order valence-corrected chi connectivity index (χ2v) is 5.18. The third kappa shape index (κ3) is 2.84. The number of hydrogen-bond donors (Lipinski definition) is 1. The Bertz CT molecular complexity index is 632. The van der Waals surface area contributed by atoms with Crippen LogP contribution in [0.1, 0.15) is 11.1 Å². The highest BCUT2D eigenvalue weighted by Crippen LogP contribution is 2.29. The van der Waals surface area contributed by atoms with Gasteiger partial charge in [-0.2, -0.15) is 5.26 Å². The smallest absolute Gasteiger partial charge is 0.0992 e. The summed E-state index contributed by atoms with van der Waals surface area (Å²) in [5.74, 6) is 0. The Kier molecular flexibility index (Phi) is 3.90. The van der Waals surface area contributed by atoms with Crippen molar-refractivity contribution in [1.29, 1.82) is 5.26 Å². The maximum atomic E-state index is 8.81. The number of halogens is 2. The molecule has 2 aromatic carbocycles. The fourth-order valence-corrected chi connectivity index (χ4v) is 2.30. The average Bonchev–Trinajstić information content (AvgIpc) is 2.34. The molecule has 0 saturated heterocycles. The minimum absolute atomic E-state index is 0.625. The van der Waals surface area contributed by atoms with Crippen molar-refractivity contribution in [1.82, 2.24) is 0 Å². The van der Waals surface area contributed by atoms with E-state index in [0.717, 1.165) is 26.4 Å². The quantitative estimate of drug-likeness (QED) is 0.842. The van der Waals surface area contributed by atoms with Crippen molar-refractivity contribution in [2.45, 2.75) is 6.92 Å². The monoisotopic (exact) mass is 320 g/mol. The normalized spacial score (nSPS) is 9.89. The van der Waals surface area contributed by atoms with Crippen molar-refractivity contribution in [2.75, 3.05) is 5.32 Å². The van der Waals surface area contributed by atoms with E-state index in [1.165, 1.54) is 0 Å². The summed E-state index contributed by atoms with van der Waals surface area (Å²) in [5.41, 5.74) is 3.60. The summed E-state index contributed by atoms with van der Waals surface area (Å²) in [6.07, 6.45) is 0. The van der Waals surface area contributed by atoms with Crippen LogP contribution in [0.25, 0.3) is 0 Å². The van der Waals surface area contributed by atoms with Gasteiger partial charge in [-0.3, -0.25) is 0 Å². The van der Waals surface area contributed by atoms with E-state index in [-0.39, 0.29) is 0 Å². The Balaban J connectivity index is 2.32. The van der Waals surface area contributed by atoms with Crippen molar-refractivity contribution in [3.63, 3.8) is 0 Å². The lowest BCUT2D eigenvalue weighted by molar-refractivity contribution is 1.41. The van der Waals surface area contributed by atoms with Gasteiger partial charge >= 0.3 is 0 Å². The Morgan fingerprint density at radius 3 is 2.50 bits per heavy atom. The second-order valence-electron chi connectivity index (χ2n) is 3.89. The lowest BCUT2D eigenvalue weighted by Gasteiger charge is -2.11. The van der Waals surface area contributed by atoms with Gasteiger partial charge in [0, 0.05) is 15.2 Å². The van der Waals surface area contributed by atoms with E-state index in [1.807, 2.05) is 31.2 Å². The Hall–Kier alpha value is -1.50. The standard InChI is InChI=1S/C14H10BrClN2/c1-9-6-11(16)3-5-13(9)18-14-4-2-10(8-17)7-12(14)15/h2-7,18H,1H3. The molecule has 0 unspecified atom stereocenters. The zero-order valence-corrected chi connectivity index (χ0v) is 12.0. The third-order valence-electron chi connectivity index (χ3n) is 2.56. The van der Waals surface area contributed by atoms with Crippen molar-refractivity contribution < 1.29 is 0 Å². The van der Waals surface area contributed by atoms with E-state index in [9.17, 15) is 0 Å². The predicted octanol–water partition coefficient (Wildman–Crippen LogP) is 5.03. The number of nitriles is 1. The molecule has 0 atom stereocenters. The molecule has 2 nitrogen and oxygen atoms in total. The zero-order chi connectivity index (χ0) is 13.1. The molecule has 0 amide bonds. The van der Waals surface area contributed by atoms with Gasteiger partial charge in [0.15, 0.2) is 0 Å². The minimum atomic E-state index is 0.625. The van der Waals surface area contributed by atoms with Gasteiger partial charge in [-0.25, -0.2) is 0 Å². The van der Waals surface area contributed by atoms with Crippen molar-refractivity contribution >= 4 is 38.9 Å². The molecule has 0 saturated carbocycles. The molecule has 0 radical (unpaired) electrons. The summed E-state index contributed by atoms with van der Waals surface area (Å²) in [7, 11) is 0. The number of nitrogens with zero attached hydrogens (tertiary/aromatic N) is 1. The fraction of sp³-hybridized carbons (Fsp3) is 0.0714. The van der Waals surface area contributed by atoms with Crippen LogP contribution in [0.5, 0.6) is 0 Å². The lowest BCUT2D eigenvalue weighted by Crippen LogP contribution is -1.94. The average molecular weight is 322 g/mol. The molecule has 0 spiro atoms. The van der Waals surface area contributed by atoms with E-state index in [0.29, 0.717) is 5.56 Å². The zero-order valence-electron chi connectivity index (χ0n) is 9.67. The molecule has 0 aliphatic carbocycles. The van der Waals surface area contributed by atoms with Crippen LogP contribution in [0.15, 0.2) is 40.9 Å². The first-order chi connectivity index (χ1) is 8.60. The molecular weight excluding hydrogens is 312 g/mol. The summed E-state index contributed by atoms with van der Waals surface area (Å²) in [4.78, 5) is 0. The van der Waals surface area contributed by atoms with Gasteiger partial charge in [-0.15, -0.1) is 0 Å². The van der Waals surface area contributed by atoms with Crippen LogP contribution in [0.3, 0.4) is 0 Å². The highest BCUT2D eigenvalue weighted by molar-refractivity contribution is 9.10. The molecule has 2 rings (SSSR count). The lowest BCUT2D eigenvalue weighted by atomic mass is 10.1. The van der Waals surface area contributed by atoms with Gasteiger partial charge in [0.25, 0.3) is 0 Å². The molecule has 1 N–H and O–H groups in total. The van der Waals surface area contributed by atoms with E-state index >= 15 is 0 Å². The van der Waals surface area contributed by atoms with Gasteiger partial charge in [0.05, 0.1) is 17.3 Å². The summed E-state index contributed by atoms with van der Waals surface area (Å²) in [6, 6.07) is 13.2. The molecule has 0 heterocycles. The molecule has 18 heavy (non-hydrogen) atoms. The van der Waals surface area contributed by atoms with Gasteiger partial charge in [0.2, 0.25) is 0 Å². The molecule has 0 bridgehead atoms. The van der Waals surface area contributed by atoms with Crippen LogP contribution in [0.2, 0.25) is 5.02 Å². The van der Waals surface area contributed by atoms with Gasteiger partial charge in [-0.1, -0.05) is 11.6 Å². The van der Waals surface area contributed by atoms with Crippen LogP contribution in [-0.2, 0) is 0 Å². The van der Waals surface area contributed by atoms with E-state index in [1.54, 1.807) is 12.1 Å². The van der Waals surface area contributed by atoms with Crippen LogP contribution < -0.4 is 5.32 Å². The van der Waals surface area contributed by atoms with Gasteiger partial charge < -0.3 is 5.32 Å². The molecule has 4 heteroatoms. The van der Waals surface area contributed by atoms with E-state index in [2.05, 4.69) is 27.3 Å². The summed E-state index contributed by atoms with van der Waals surface area (Å²) in [6.45, 7) is 1.99. The van der Waals surface area contributed by atoms with Gasteiger partial charge in [0.1, 0.15) is 0 Å². The highest BCUT2D eigenvalue weighted by atomic mass is 79.9. The number of anilines is 2. The number of nitrogens with one attached hydrogen (secondary N) is 1. The second kappa shape index (κ2) is 5.43. The van der Waals surface area contributed by atoms with Crippen molar-refractivity contribution in [2.24, 2.45) is 0 Å². The Morgan fingerprint density at radius 2 is 1.89 bits per heavy atom. The minimum Gasteiger partial charge on any atom is -0.354 e. The Labute approximate surface area is 119 Å². The molecular formula is C14H10BrClN2. The third-order valence-corrected chi connectivity index (χ3v) is 3.45. The topological polar surface area (TPSA) is 35.8 Å².